The lowest BCUT2D eigenvalue weighted by atomic mass is 9.97. The number of nitrogens with two attached hydrogens (primary N) is 1. The fraction of sp³-hybridized carbons (Fsp3) is 0.692. The van der Waals surface area contributed by atoms with Gasteiger partial charge in [-0.15, -0.1) is 11.3 Å². The van der Waals surface area contributed by atoms with E-state index in [0.29, 0.717) is 6.04 Å². The van der Waals surface area contributed by atoms with Gasteiger partial charge in [0.15, 0.2) is 0 Å². The Bertz CT molecular complexity index is 413. The van der Waals surface area contributed by atoms with Gasteiger partial charge in [-0.3, -0.25) is 0 Å². The van der Waals surface area contributed by atoms with Gasteiger partial charge in [-0.05, 0) is 76.9 Å². The van der Waals surface area contributed by atoms with Crippen LogP contribution in [0.15, 0.2) is 15.9 Å². The number of hydrogen-bond acceptors (Lipinski definition) is 2. The van der Waals surface area contributed by atoms with Crippen LogP contribution in [-0.4, -0.2) is 0 Å². The Morgan fingerprint density at radius 3 is 2.50 bits per heavy atom. The molecule has 1 aromatic rings. The standard InChI is InChI=1S/C13H16BrNS/c14-9-4-3-8(16-9)13(15)12-10-6-1-2-7(5-6)11(10)12/h3-4,6-7,10-13H,1-2,5,15H2. The highest BCUT2D eigenvalue weighted by Gasteiger charge is 2.66. The molecule has 1 aromatic heterocycles. The Morgan fingerprint density at radius 1 is 1.25 bits per heavy atom. The second-order valence-electron chi connectivity index (χ2n) is 5.73. The fourth-order valence-corrected chi connectivity index (χ4v) is 6.05. The topological polar surface area (TPSA) is 26.0 Å². The van der Waals surface area contributed by atoms with E-state index in [0.717, 1.165) is 29.6 Å². The third-order valence-electron chi connectivity index (χ3n) is 5.13. The molecule has 4 rings (SSSR count). The van der Waals surface area contributed by atoms with E-state index in [-0.39, 0.29) is 0 Å². The van der Waals surface area contributed by atoms with Crippen LogP contribution in [0.3, 0.4) is 0 Å². The maximum Gasteiger partial charge on any atom is 0.0701 e. The number of fused-ring (bicyclic) bond motifs is 5. The van der Waals surface area contributed by atoms with Crippen LogP contribution in [0.2, 0.25) is 0 Å². The summed E-state index contributed by atoms with van der Waals surface area (Å²) in [4.78, 5) is 1.38. The predicted molar refractivity (Wildman–Crippen MR) is 70.2 cm³/mol. The zero-order chi connectivity index (χ0) is 10.9. The summed E-state index contributed by atoms with van der Waals surface area (Å²) in [7, 11) is 0. The zero-order valence-electron chi connectivity index (χ0n) is 9.10. The van der Waals surface area contributed by atoms with Crippen LogP contribution < -0.4 is 5.73 Å². The molecule has 2 N–H and O–H groups in total. The molecule has 3 saturated carbocycles. The van der Waals surface area contributed by atoms with Crippen LogP contribution >= 0.6 is 27.3 Å². The van der Waals surface area contributed by atoms with E-state index >= 15 is 0 Å². The average molecular weight is 298 g/mol. The largest absolute Gasteiger partial charge is 0.323 e. The average Bonchev–Trinajstić information content (AvgIpc) is 2.68. The number of halogens is 1. The molecule has 1 heterocycles. The second-order valence-corrected chi connectivity index (χ2v) is 8.23. The minimum Gasteiger partial charge on any atom is -0.323 e. The molecule has 5 unspecified atom stereocenters. The van der Waals surface area contributed by atoms with E-state index in [9.17, 15) is 0 Å². The van der Waals surface area contributed by atoms with Crippen molar-refractivity contribution in [2.75, 3.05) is 0 Å². The van der Waals surface area contributed by atoms with E-state index in [1.807, 2.05) is 11.3 Å². The minimum absolute atomic E-state index is 0.315. The molecule has 0 radical (unpaired) electrons. The molecule has 0 saturated heterocycles. The lowest BCUT2D eigenvalue weighted by Gasteiger charge is -2.14. The van der Waals surface area contributed by atoms with E-state index in [4.69, 9.17) is 5.73 Å². The summed E-state index contributed by atoms with van der Waals surface area (Å²) in [5.74, 6) is 4.88. The van der Waals surface area contributed by atoms with Gasteiger partial charge in [0.1, 0.15) is 0 Å². The molecule has 5 atom stereocenters. The van der Waals surface area contributed by atoms with Crippen molar-refractivity contribution in [3.63, 3.8) is 0 Å². The first-order valence-electron chi connectivity index (χ1n) is 6.26. The van der Waals surface area contributed by atoms with Gasteiger partial charge in [0.2, 0.25) is 0 Å². The molecule has 0 amide bonds. The van der Waals surface area contributed by atoms with E-state index in [1.165, 1.54) is 27.9 Å². The van der Waals surface area contributed by atoms with Gasteiger partial charge in [0.25, 0.3) is 0 Å². The number of thiophene rings is 1. The monoisotopic (exact) mass is 297 g/mol. The van der Waals surface area contributed by atoms with Crippen molar-refractivity contribution in [1.82, 2.24) is 0 Å². The highest BCUT2D eigenvalue weighted by Crippen LogP contribution is 2.72. The maximum absolute atomic E-state index is 6.45. The summed E-state index contributed by atoms with van der Waals surface area (Å²) in [6, 6.07) is 4.65. The molecule has 3 fully saturated rings. The van der Waals surface area contributed by atoms with Crippen molar-refractivity contribution < 1.29 is 0 Å². The van der Waals surface area contributed by atoms with E-state index < -0.39 is 0 Å². The molecule has 3 aliphatic carbocycles. The van der Waals surface area contributed by atoms with Gasteiger partial charge in [0.05, 0.1) is 3.79 Å². The molecule has 16 heavy (non-hydrogen) atoms. The summed E-state index contributed by atoms with van der Waals surface area (Å²) in [6.07, 6.45) is 4.50. The first-order valence-corrected chi connectivity index (χ1v) is 7.87. The molecule has 0 aliphatic heterocycles. The molecule has 3 aliphatic rings. The lowest BCUT2D eigenvalue weighted by Crippen LogP contribution is -2.16. The quantitative estimate of drug-likeness (QED) is 0.883. The number of hydrogen-bond donors (Lipinski definition) is 1. The summed E-state index contributed by atoms with van der Waals surface area (Å²) >= 11 is 5.35. The Balaban J connectivity index is 1.57. The number of rotatable bonds is 2. The molecule has 0 spiro atoms. The highest BCUT2D eigenvalue weighted by atomic mass is 79.9. The maximum atomic E-state index is 6.45. The van der Waals surface area contributed by atoms with Gasteiger partial charge < -0.3 is 5.73 Å². The molecular formula is C13H16BrNS. The summed E-state index contributed by atoms with van der Waals surface area (Å²) < 4.78 is 1.21. The van der Waals surface area contributed by atoms with Crippen LogP contribution in [0.4, 0.5) is 0 Å². The Labute approximate surface area is 109 Å². The van der Waals surface area contributed by atoms with Gasteiger partial charge in [-0.2, -0.15) is 0 Å². The third kappa shape index (κ3) is 1.25. The molecule has 1 nitrogen and oxygen atoms in total. The van der Waals surface area contributed by atoms with Crippen LogP contribution in [-0.2, 0) is 0 Å². The van der Waals surface area contributed by atoms with Gasteiger partial charge in [0, 0.05) is 10.9 Å². The Kier molecular flexibility index (Phi) is 2.10. The van der Waals surface area contributed by atoms with Crippen LogP contribution in [0.5, 0.6) is 0 Å². The molecular weight excluding hydrogens is 282 g/mol. The molecule has 3 heteroatoms. The summed E-state index contributed by atoms with van der Waals surface area (Å²) in [5, 5.41) is 0. The Morgan fingerprint density at radius 2 is 1.94 bits per heavy atom. The zero-order valence-corrected chi connectivity index (χ0v) is 11.5. The van der Waals surface area contributed by atoms with Gasteiger partial charge >= 0.3 is 0 Å². The summed E-state index contributed by atoms with van der Waals surface area (Å²) in [5.41, 5.74) is 6.45. The van der Waals surface area contributed by atoms with E-state index in [2.05, 4.69) is 28.1 Å². The van der Waals surface area contributed by atoms with Crippen LogP contribution in [0.25, 0.3) is 0 Å². The summed E-state index contributed by atoms with van der Waals surface area (Å²) in [6.45, 7) is 0. The van der Waals surface area contributed by atoms with Crippen molar-refractivity contribution in [3.05, 3.63) is 20.8 Å². The molecule has 86 valence electrons. The highest BCUT2D eigenvalue weighted by molar-refractivity contribution is 9.11. The normalized spacial score (nSPS) is 45.8. The van der Waals surface area contributed by atoms with Gasteiger partial charge in [-0.25, -0.2) is 0 Å². The Hall–Kier alpha value is 0.140. The SMILES string of the molecule is NC(c1ccc(Br)s1)C1C2C3CCC(C3)C21. The van der Waals surface area contributed by atoms with Crippen molar-refractivity contribution in [2.24, 2.45) is 35.3 Å². The van der Waals surface area contributed by atoms with E-state index in [1.54, 1.807) is 0 Å². The predicted octanol–water partition coefficient (Wildman–Crippen LogP) is 3.80. The van der Waals surface area contributed by atoms with Crippen molar-refractivity contribution in [1.29, 1.82) is 0 Å². The fourth-order valence-electron chi connectivity index (χ4n) is 4.57. The van der Waals surface area contributed by atoms with Crippen LogP contribution in [0, 0.1) is 29.6 Å². The lowest BCUT2D eigenvalue weighted by molar-refractivity contribution is 0.420. The first-order chi connectivity index (χ1) is 7.75. The minimum atomic E-state index is 0.315. The molecule has 0 aromatic carbocycles. The second kappa shape index (κ2) is 3.33. The van der Waals surface area contributed by atoms with Gasteiger partial charge in [-0.1, -0.05) is 0 Å². The van der Waals surface area contributed by atoms with Crippen molar-refractivity contribution >= 4 is 27.3 Å². The van der Waals surface area contributed by atoms with Crippen LogP contribution in [0.1, 0.15) is 30.2 Å². The third-order valence-corrected chi connectivity index (χ3v) is 6.86. The first kappa shape index (κ1) is 10.1. The van der Waals surface area contributed by atoms with Crippen molar-refractivity contribution in [2.45, 2.75) is 25.3 Å². The van der Waals surface area contributed by atoms with Crippen molar-refractivity contribution in [3.8, 4) is 0 Å². The smallest absolute Gasteiger partial charge is 0.0701 e. The molecule has 2 bridgehead atoms.